The van der Waals surface area contributed by atoms with Crippen LogP contribution in [0.2, 0.25) is 0 Å². The van der Waals surface area contributed by atoms with E-state index in [-0.39, 0.29) is 0 Å². The summed E-state index contributed by atoms with van der Waals surface area (Å²) in [4.78, 5) is 24.7. The van der Waals surface area contributed by atoms with Gasteiger partial charge < -0.3 is 10.6 Å². The predicted molar refractivity (Wildman–Crippen MR) is 485 cm³/mol. The lowest BCUT2D eigenvalue weighted by molar-refractivity contribution is 0.563. The highest BCUT2D eigenvalue weighted by Gasteiger charge is 2.19. The molecule has 0 aliphatic carbocycles. The lowest BCUT2D eigenvalue weighted by atomic mass is 10.1. The number of benzene rings is 3. The van der Waals surface area contributed by atoms with Gasteiger partial charge in [-0.3, -0.25) is 0 Å². The van der Waals surface area contributed by atoms with Gasteiger partial charge in [0.2, 0.25) is 11.9 Å². The molecule has 0 fully saturated rings. The van der Waals surface area contributed by atoms with Crippen LogP contribution in [-0.2, 0) is 0 Å². The molecule has 3 aromatic carbocycles. The topological polar surface area (TPSA) is 62.7 Å². The summed E-state index contributed by atoms with van der Waals surface area (Å²) in [6.07, 6.45) is 82.0. The van der Waals surface area contributed by atoms with Crippen molar-refractivity contribution in [3.63, 3.8) is 0 Å². The van der Waals surface area contributed by atoms with Crippen LogP contribution in [0.4, 0.5) is 23.3 Å². The van der Waals surface area contributed by atoms with E-state index in [0.717, 1.165) is 45.5 Å². The van der Waals surface area contributed by atoms with E-state index in [1.807, 2.05) is 0 Å². The fraction of sp³-hybridized carbons (Fsp3) is 0.766. The van der Waals surface area contributed by atoms with Crippen LogP contribution in [0.3, 0.4) is 0 Å². The first-order valence-corrected chi connectivity index (χ1v) is 51.2. The summed E-state index contributed by atoms with van der Waals surface area (Å²) in [7, 11) is 0. The molecule has 0 unspecified atom stereocenters. The number of nitrogens with zero attached hydrogens (tertiary/aromatic N) is 3. The number of unbranched alkanes of at least 4 members (excludes halogenated alkanes) is 54. The number of anilines is 4. The monoisotopic (exact) mass is 1550 g/mol. The van der Waals surface area contributed by atoms with Crippen molar-refractivity contribution in [2.24, 2.45) is 0 Å². The van der Waals surface area contributed by atoms with Crippen molar-refractivity contribution in [2.45, 2.75) is 456 Å². The second kappa shape index (κ2) is 70.2. The Labute approximate surface area is 677 Å². The minimum absolute atomic E-state index is 0.582. The molecule has 0 spiro atoms. The van der Waals surface area contributed by atoms with Gasteiger partial charge in [0.05, 0.1) is 0 Å². The summed E-state index contributed by atoms with van der Waals surface area (Å²) in [6, 6.07) is 18.3. The number of nitrogens with one attached hydrogen (secondary N) is 2. The second-order valence-electron chi connectivity index (χ2n) is 31.0. The van der Waals surface area contributed by atoms with Crippen LogP contribution >= 0.6 is 70.6 Å². The molecule has 0 atom stereocenters. The van der Waals surface area contributed by atoms with Gasteiger partial charge in [-0.1, -0.05) is 413 Å². The molecule has 105 heavy (non-hydrogen) atoms. The number of rotatable bonds is 77. The normalized spacial score (nSPS) is 11.6. The van der Waals surface area contributed by atoms with Crippen LogP contribution in [0.25, 0.3) is 11.4 Å². The summed E-state index contributed by atoms with van der Waals surface area (Å²) >= 11 is 12.7. The summed E-state index contributed by atoms with van der Waals surface area (Å²) in [5, 5.41) is 7.82. The van der Waals surface area contributed by atoms with Crippen LogP contribution in [-0.4, -0.2) is 49.5 Å². The molecule has 0 saturated heterocycles. The Kier molecular flexibility index (Phi) is 64.1. The minimum atomic E-state index is 0.582. The average Bonchev–Trinajstić information content (AvgIpc) is 0.812. The van der Waals surface area contributed by atoms with Crippen molar-refractivity contribution in [1.29, 1.82) is 0 Å². The van der Waals surface area contributed by atoms with E-state index in [0.29, 0.717) is 17.7 Å². The smallest absolute Gasteiger partial charge is 0.232 e. The van der Waals surface area contributed by atoms with E-state index in [1.165, 1.54) is 426 Å². The molecule has 2 N–H and O–H groups in total. The average molecular weight is 1550 g/mol. The largest absolute Gasteiger partial charge is 0.324 e. The van der Waals surface area contributed by atoms with Gasteiger partial charge >= 0.3 is 0 Å². The summed E-state index contributed by atoms with van der Waals surface area (Å²) in [5.74, 6) is 8.78. The van der Waals surface area contributed by atoms with Crippen molar-refractivity contribution in [2.75, 3.05) is 45.2 Å². The summed E-state index contributed by atoms with van der Waals surface area (Å²) < 4.78 is 0. The van der Waals surface area contributed by atoms with Gasteiger partial charge in [0, 0.05) is 46.3 Å². The molecular formula is C94H162N5S6. The van der Waals surface area contributed by atoms with Crippen LogP contribution in [0.15, 0.2) is 77.9 Å². The van der Waals surface area contributed by atoms with Crippen molar-refractivity contribution in [3.05, 3.63) is 61.0 Å². The maximum absolute atomic E-state index is 5.38. The zero-order valence-corrected chi connectivity index (χ0v) is 74.2. The fourth-order valence-corrected chi connectivity index (χ4v) is 21.7. The van der Waals surface area contributed by atoms with E-state index < -0.39 is 0 Å². The molecule has 1 radical (unpaired) electrons. The third-order valence-corrected chi connectivity index (χ3v) is 28.4. The molecule has 599 valence electrons. The Morgan fingerprint density at radius 2 is 0.429 bits per heavy atom. The highest BCUT2D eigenvalue weighted by Crippen LogP contribution is 2.45. The Morgan fingerprint density at radius 3 is 0.638 bits per heavy atom. The van der Waals surface area contributed by atoms with Crippen molar-refractivity contribution < 1.29 is 0 Å². The zero-order valence-electron chi connectivity index (χ0n) is 69.3. The molecule has 0 saturated carbocycles. The van der Waals surface area contributed by atoms with Gasteiger partial charge in [-0.05, 0) is 110 Å². The number of hydrogen-bond acceptors (Lipinski definition) is 11. The first kappa shape index (κ1) is 95.7. The summed E-state index contributed by atoms with van der Waals surface area (Å²) in [6.45, 7) is 18.2. The lowest BCUT2D eigenvalue weighted by Gasteiger charge is -2.19. The first-order chi connectivity index (χ1) is 51.9. The van der Waals surface area contributed by atoms with E-state index >= 15 is 0 Å². The molecular weight excluding hydrogens is 1390 g/mol. The third-order valence-electron chi connectivity index (χ3n) is 20.9. The van der Waals surface area contributed by atoms with Crippen LogP contribution in [0, 0.1) is 6.92 Å². The maximum Gasteiger partial charge on any atom is 0.232 e. The van der Waals surface area contributed by atoms with Gasteiger partial charge in [-0.15, -0.1) is 70.6 Å². The predicted octanol–water partition coefficient (Wildman–Crippen LogP) is 35.3. The SMILES string of the molecule is [CH2]c1ccc(-c2nc(Nc3cc(SCCCCCCCCCCCC)c(SCCCCCCCCCCCC)c(SCCCCCCCCCCCC)c3)nc(Nc3cc(SCCCCCCCCCCCC)c(SCCCCCCCCCCCC)c(SCCCCCCCCCCCC)c3)n2)cc1. The number of aromatic nitrogens is 3. The quantitative estimate of drug-likeness (QED) is 0.0328. The van der Waals surface area contributed by atoms with Crippen LogP contribution in [0.1, 0.15) is 432 Å². The fourth-order valence-electron chi connectivity index (χ4n) is 14.2. The van der Waals surface area contributed by atoms with Gasteiger partial charge in [0.1, 0.15) is 0 Å². The number of hydrogen-bond donors (Lipinski definition) is 2. The van der Waals surface area contributed by atoms with E-state index in [9.17, 15) is 0 Å². The Bertz CT molecular complexity index is 2350. The van der Waals surface area contributed by atoms with Crippen molar-refractivity contribution in [3.8, 4) is 11.4 Å². The van der Waals surface area contributed by atoms with Crippen LogP contribution in [0.5, 0.6) is 0 Å². The zero-order chi connectivity index (χ0) is 74.6. The Hall–Kier alpha value is -1.63. The molecule has 0 amide bonds. The molecule has 1 heterocycles. The lowest BCUT2D eigenvalue weighted by Crippen LogP contribution is -2.06. The highest BCUT2D eigenvalue weighted by atomic mass is 32.2. The Morgan fingerprint density at radius 1 is 0.238 bits per heavy atom. The molecule has 1 aromatic heterocycles. The standard InChI is InChI=1S/C94H162N5S6/c1-8-14-20-26-32-38-44-50-56-62-72-100-86-78-84(79-87(101-73-63-57-51-45-39-33-27-21-15-9-2)90(86)104-76-66-60-54-48-42-36-30-24-18-12-5)95-93-97-92(83-70-68-82(7)69-71-83)98-94(99-93)96-85-80-88(102-74-64-58-52-46-40-34-28-22-16-10-3)91(105-77-67-61-55-49-43-37-31-25-19-13-6)89(81-85)103-75-65-59-53-47-41-35-29-23-17-11-4/h68-71,78-81H,7-67,72-77H2,1-6H3,(H2,95,96,97,98,99). The molecule has 11 heteroatoms. The van der Waals surface area contributed by atoms with Crippen LogP contribution < -0.4 is 10.6 Å². The van der Waals surface area contributed by atoms with Crippen molar-refractivity contribution in [1.82, 2.24) is 15.0 Å². The molecule has 0 aliphatic rings. The first-order valence-electron chi connectivity index (χ1n) is 45.3. The molecule has 5 nitrogen and oxygen atoms in total. The third kappa shape index (κ3) is 50.9. The van der Waals surface area contributed by atoms with Gasteiger partial charge in [0.25, 0.3) is 0 Å². The van der Waals surface area contributed by atoms with E-state index in [2.05, 4.69) is 178 Å². The van der Waals surface area contributed by atoms with Gasteiger partial charge in [-0.2, -0.15) is 15.0 Å². The summed E-state index contributed by atoms with van der Waals surface area (Å²) in [5.41, 5.74) is 4.10. The molecule has 0 bridgehead atoms. The molecule has 4 aromatic rings. The molecule has 4 rings (SSSR count). The maximum atomic E-state index is 5.38. The van der Waals surface area contributed by atoms with Gasteiger partial charge in [0.15, 0.2) is 5.82 Å². The highest BCUT2D eigenvalue weighted by molar-refractivity contribution is 8.04. The Balaban J connectivity index is 1.72. The minimum Gasteiger partial charge on any atom is -0.324 e. The van der Waals surface area contributed by atoms with E-state index in [4.69, 9.17) is 15.0 Å². The molecule has 0 aliphatic heterocycles. The number of thioether (sulfide) groups is 6. The second-order valence-corrected chi connectivity index (χ2v) is 37.8. The van der Waals surface area contributed by atoms with Crippen molar-refractivity contribution >= 4 is 93.8 Å². The van der Waals surface area contributed by atoms with E-state index in [1.54, 1.807) is 0 Å². The van der Waals surface area contributed by atoms with Gasteiger partial charge in [-0.25, -0.2) is 0 Å².